The Hall–Kier alpha value is -0.770. The summed E-state index contributed by atoms with van der Waals surface area (Å²) >= 11 is 0. The molecule has 0 saturated carbocycles. The number of amides is 1. The van der Waals surface area contributed by atoms with Gasteiger partial charge < -0.3 is 14.5 Å². The molecule has 0 bridgehead atoms. The molecule has 2 rings (SSSR count). The van der Waals surface area contributed by atoms with E-state index in [9.17, 15) is 4.79 Å². The summed E-state index contributed by atoms with van der Waals surface area (Å²) in [6.07, 6.45) is 3.45. The summed E-state index contributed by atoms with van der Waals surface area (Å²) in [5.41, 5.74) is -0.383. The maximum absolute atomic E-state index is 11.9. The van der Waals surface area contributed by atoms with E-state index < -0.39 is 0 Å². The van der Waals surface area contributed by atoms with Crippen LogP contribution in [-0.4, -0.2) is 54.2 Å². The molecule has 0 aromatic heterocycles. The molecule has 2 fully saturated rings. The molecule has 0 unspecified atom stereocenters. The van der Waals surface area contributed by atoms with Crippen molar-refractivity contribution in [3.8, 4) is 0 Å². The van der Waals surface area contributed by atoms with Crippen molar-refractivity contribution in [1.82, 2.24) is 9.80 Å². The number of ether oxygens (including phenoxy) is 1. The van der Waals surface area contributed by atoms with Gasteiger partial charge in [0.1, 0.15) is 5.60 Å². The molecule has 0 aliphatic carbocycles. The van der Waals surface area contributed by atoms with Crippen LogP contribution >= 0.6 is 0 Å². The zero-order chi connectivity index (χ0) is 13.2. The van der Waals surface area contributed by atoms with Crippen LogP contribution in [0.5, 0.6) is 0 Å². The Morgan fingerprint density at radius 1 is 1.17 bits per heavy atom. The standard InChI is InChI=1S/C14H26N2O2/c1-14(2,3)18-13(17)16-9-5-12(6-10-16)11-15-7-4-8-15/h12H,4-11H2,1-3H3. The lowest BCUT2D eigenvalue weighted by atomic mass is 9.95. The zero-order valence-electron chi connectivity index (χ0n) is 11.9. The normalized spacial score (nSPS) is 22.7. The smallest absolute Gasteiger partial charge is 0.410 e. The van der Waals surface area contributed by atoms with Crippen molar-refractivity contribution in [3.63, 3.8) is 0 Å². The highest BCUT2D eigenvalue weighted by Gasteiger charge is 2.28. The second-order valence-corrected chi connectivity index (χ2v) is 6.56. The van der Waals surface area contributed by atoms with Crippen LogP contribution in [0, 0.1) is 5.92 Å². The second-order valence-electron chi connectivity index (χ2n) is 6.56. The van der Waals surface area contributed by atoms with E-state index in [1.54, 1.807) is 0 Å². The van der Waals surface area contributed by atoms with Crippen LogP contribution in [0.1, 0.15) is 40.0 Å². The minimum Gasteiger partial charge on any atom is -0.444 e. The van der Waals surface area contributed by atoms with Gasteiger partial charge in [-0.2, -0.15) is 0 Å². The van der Waals surface area contributed by atoms with Crippen LogP contribution in [0.25, 0.3) is 0 Å². The Morgan fingerprint density at radius 3 is 2.22 bits per heavy atom. The van der Waals surface area contributed by atoms with Gasteiger partial charge in [-0.3, -0.25) is 0 Å². The minimum atomic E-state index is -0.383. The third kappa shape index (κ3) is 3.87. The first-order valence-corrected chi connectivity index (χ1v) is 7.14. The molecule has 0 atom stereocenters. The molecule has 0 radical (unpaired) electrons. The van der Waals surface area contributed by atoms with Crippen molar-refractivity contribution >= 4 is 6.09 Å². The quantitative estimate of drug-likeness (QED) is 0.758. The van der Waals surface area contributed by atoms with Gasteiger partial charge in [0.05, 0.1) is 0 Å². The van der Waals surface area contributed by atoms with Crippen molar-refractivity contribution in [3.05, 3.63) is 0 Å². The lowest BCUT2D eigenvalue weighted by molar-refractivity contribution is 0.0158. The fourth-order valence-electron chi connectivity index (χ4n) is 2.55. The number of hydrogen-bond acceptors (Lipinski definition) is 3. The van der Waals surface area contributed by atoms with Crippen molar-refractivity contribution < 1.29 is 9.53 Å². The summed E-state index contributed by atoms with van der Waals surface area (Å²) in [6, 6.07) is 0. The summed E-state index contributed by atoms with van der Waals surface area (Å²) in [5, 5.41) is 0. The van der Waals surface area contributed by atoms with E-state index in [1.165, 1.54) is 26.1 Å². The largest absolute Gasteiger partial charge is 0.444 e. The number of likely N-dealkylation sites (tertiary alicyclic amines) is 2. The van der Waals surface area contributed by atoms with Gasteiger partial charge in [-0.1, -0.05) is 0 Å². The molecule has 18 heavy (non-hydrogen) atoms. The number of piperidine rings is 1. The molecule has 0 aromatic carbocycles. The molecule has 2 aliphatic heterocycles. The summed E-state index contributed by atoms with van der Waals surface area (Å²) in [6.45, 7) is 11.2. The van der Waals surface area contributed by atoms with E-state index in [1.807, 2.05) is 25.7 Å². The Kier molecular flexibility index (Phi) is 4.15. The van der Waals surface area contributed by atoms with Crippen molar-refractivity contribution in [2.75, 3.05) is 32.7 Å². The minimum absolute atomic E-state index is 0.148. The molecule has 2 saturated heterocycles. The monoisotopic (exact) mass is 254 g/mol. The Morgan fingerprint density at radius 2 is 1.78 bits per heavy atom. The molecule has 2 aliphatic rings. The van der Waals surface area contributed by atoms with Gasteiger partial charge in [-0.05, 0) is 59.0 Å². The number of carbonyl (C=O) groups is 1. The van der Waals surface area contributed by atoms with Gasteiger partial charge in [0.2, 0.25) is 0 Å². The van der Waals surface area contributed by atoms with Gasteiger partial charge in [-0.25, -0.2) is 4.79 Å². The van der Waals surface area contributed by atoms with Crippen LogP contribution in [0.2, 0.25) is 0 Å². The SMILES string of the molecule is CC(C)(C)OC(=O)N1CCC(CN2CCC2)CC1. The Bertz CT molecular complexity index is 287. The lowest BCUT2D eigenvalue weighted by Crippen LogP contribution is -2.46. The predicted octanol–water partition coefficient (Wildman–Crippen LogP) is 2.34. The van der Waals surface area contributed by atoms with E-state index in [4.69, 9.17) is 4.74 Å². The first-order chi connectivity index (χ1) is 8.44. The summed E-state index contributed by atoms with van der Waals surface area (Å²) in [5.74, 6) is 0.768. The van der Waals surface area contributed by atoms with E-state index >= 15 is 0 Å². The average molecular weight is 254 g/mol. The predicted molar refractivity (Wildman–Crippen MR) is 71.6 cm³/mol. The Labute approximate surface area is 110 Å². The summed E-state index contributed by atoms with van der Waals surface area (Å²) < 4.78 is 5.40. The van der Waals surface area contributed by atoms with Crippen LogP contribution in [0.3, 0.4) is 0 Å². The topological polar surface area (TPSA) is 32.8 Å². The first kappa shape index (κ1) is 13.7. The molecule has 4 heteroatoms. The zero-order valence-corrected chi connectivity index (χ0v) is 11.9. The molecule has 0 N–H and O–H groups in total. The Balaban J connectivity index is 1.70. The van der Waals surface area contributed by atoms with Crippen molar-refractivity contribution in [2.24, 2.45) is 5.92 Å². The van der Waals surface area contributed by atoms with Crippen LogP contribution in [0.4, 0.5) is 4.79 Å². The number of rotatable bonds is 2. The molecule has 0 spiro atoms. The molecule has 1 amide bonds. The van der Waals surface area contributed by atoms with E-state index in [-0.39, 0.29) is 11.7 Å². The maximum atomic E-state index is 11.9. The third-order valence-corrected chi connectivity index (χ3v) is 3.73. The maximum Gasteiger partial charge on any atom is 0.410 e. The van der Waals surface area contributed by atoms with E-state index in [2.05, 4.69) is 4.90 Å². The van der Waals surface area contributed by atoms with Gasteiger partial charge in [0, 0.05) is 19.6 Å². The van der Waals surface area contributed by atoms with E-state index in [0.717, 1.165) is 31.8 Å². The fraction of sp³-hybridized carbons (Fsp3) is 0.929. The molecular weight excluding hydrogens is 228 g/mol. The number of hydrogen-bond donors (Lipinski definition) is 0. The lowest BCUT2D eigenvalue weighted by Gasteiger charge is -2.38. The van der Waals surface area contributed by atoms with Crippen molar-refractivity contribution in [1.29, 1.82) is 0 Å². The first-order valence-electron chi connectivity index (χ1n) is 7.14. The van der Waals surface area contributed by atoms with Gasteiger partial charge in [0.15, 0.2) is 0 Å². The number of nitrogens with zero attached hydrogens (tertiary/aromatic N) is 2. The second kappa shape index (κ2) is 5.47. The molecule has 4 nitrogen and oxygen atoms in total. The van der Waals surface area contributed by atoms with E-state index in [0.29, 0.717) is 0 Å². The summed E-state index contributed by atoms with van der Waals surface area (Å²) in [7, 11) is 0. The molecule has 0 aromatic rings. The van der Waals surface area contributed by atoms with Crippen molar-refractivity contribution in [2.45, 2.75) is 45.6 Å². The van der Waals surface area contributed by atoms with Gasteiger partial charge in [-0.15, -0.1) is 0 Å². The van der Waals surface area contributed by atoms with Crippen LogP contribution in [-0.2, 0) is 4.74 Å². The van der Waals surface area contributed by atoms with Crippen LogP contribution in [0.15, 0.2) is 0 Å². The highest BCUT2D eigenvalue weighted by Crippen LogP contribution is 2.22. The fourth-order valence-corrected chi connectivity index (χ4v) is 2.55. The average Bonchev–Trinajstić information content (AvgIpc) is 2.22. The summed E-state index contributed by atoms with van der Waals surface area (Å²) in [4.78, 5) is 16.3. The van der Waals surface area contributed by atoms with Gasteiger partial charge >= 0.3 is 6.09 Å². The molecule has 104 valence electrons. The third-order valence-electron chi connectivity index (χ3n) is 3.73. The van der Waals surface area contributed by atoms with Crippen LogP contribution < -0.4 is 0 Å². The highest BCUT2D eigenvalue weighted by molar-refractivity contribution is 5.68. The van der Waals surface area contributed by atoms with Gasteiger partial charge in [0.25, 0.3) is 0 Å². The molecule has 2 heterocycles. The number of carbonyl (C=O) groups excluding carboxylic acids is 1. The highest BCUT2D eigenvalue weighted by atomic mass is 16.6. The molecular formula is C14H26N2O2.